The van der Waals surface area contributed by atoms with Crippen LogP contribution in [-0.2, 0) is 4.79 Å². The molecule has 1 saturated heterocycles. The van der Waals surface area contributed by atoms with Gasteiger partial charge in [-0.05, 0) is 12.2 Å². The summed E-state index contributed by atoms with van der Waals surface area (Å²) in [5.41, 5.74) is 0.0375. The van der Waals surface area contributed by atoms with E-state index in [0.717, 1.165) is 16.3 Å². The Balaban J connectivity index is 1.79. The highest BCUT2D eigenvalue weighted by Crippen LogP contribution is 2.29. The van der Waals surface area contributed by atoms with Crippen LogP contribution in [0.2, 0.25) is 0 Å². The highest BCUT2D eigenvalue weighted by atomic mass is 32.2. The third-order valence-corrected chi connectivity index (χ3v) is 5.62. The molecule has 3 rings (SSSR count). The summed E-state index contributed by atoms with van der Waals surface area (Å²) in [6.45, 7) is 0. The average molecular weight is 334 g/mol. The number of rotatable bonds is 4. The van der Waals surface area contributed by atoms with Crippen molar-refractivity contribution in [1.29, 1.82) is 0 Å². The van der Waals surface area contributed by atoms with Gasteiger partial charge in [-0.3, -0.25) is 4.79 Å². The minimum Gasteiger partial charge on any atom is -0.479 e. The molecule has 114 valence electrons. The first-order valence-electron chi connectivity index (χ1n) is 6.75. The Morgan fingerprint density at radius 2 is 2.05 bits per heavy atom. The number of carbonyl (C=O) groups is 2. The Bertz CT molecular complexity index is 694. The van der Waals surface area contributed by atoms with E-state index < -0.39 is 17.4 Å². The van der Waals surface area contributed by atoms with Gasteiger partial charge in [-0.15, -0.1) is 11.3 Å². The molecule has 1 aliphatic heterocycles. The van der Waals surface area contributed by atoms with Crippen molar-refractivity contribution in [3.8, 4) is 10.6 Å². The molecule has 1 atom stereocenters. The van der Waals surface area contributed by atoms with E-state index in [2.05, 4.69) is 10.3 Å². The number of aromatic nitrogens is 1. The van der Waals surface area contributed by atoms with Gasteiger partial charge >= 0.3 is 5.97 Å². The molecule has 1 aromatic heterocycles. The minimum atomic E-state index is -1.17. The maximum Gasteiger partial charge on any atom is 0.330 e. The van der Waals surface area contributed by atoms with Crippen LogP contribution in [0.5, 0.6) is 0 Å². The van der Waals surface area contributed by atoms with Crippen LogP contribution >= 0.6 is 23.1 Å². The second-order valence-electron chi connectivity index (χ2n) is 5.05. The number of hydrogen-bond donors (Lipinski definition) is 2. The molecule has 1 unspecified atom stereocenters. The van der Waals surface area contributed by atoms with Crippen molar-refractivity contribution in [2.45, 2.75) is 12.0 Å². The smallest absolute Gasteiger partial charge is 0.330 e. The molecule has 1 amide bonds. The summed E-state index contributed by atoms with van der Waals surface area (Å²) < 4.78 is 0. The number of benzene rings is 1. The lowest BCUT2D eigenvalue weighted by Crippen LogP contribution is -2.54. The molecule has 1 aliphatic rings. The molecule has 2 N–H and O–H groups in total. The van der Waals surface area contributed by atoms with Crippen molar-refractivity contribution in [3.05, 3.63) is 41.4 Å². The average Bonchev–Trinajstić information content (AvgIpc) is 3.18. The van der Waals surface area contributed by atoms with E-state index in [1.807, 2.05) is 30.3 Å². The molecular formula is C15H14N2O3S2. The summed E-state index contributed by atoms with van der Waals surface area (Å²) in [4.78, 5) is 28.1. The van der Waals surface area contributed by atoms with Crippen LogP contribution in [0.15, 0.2) is 35.7 Å². The zero-order valence-corrected chi connectivity index (χ0v) is 13.2. The lowest BCUT2D eigenvalue weighted by atomic mass is 9.99. The molecule has 7 heteroatoms. The predicted molar refractivity (Wildman–Crippen MR) is 87.3 cm³/mol. The van der Waals surface area contributed by atoms with E-state index in [0.29, 0.717) is 12.2 Å². The topological polar surface area (TPSA) is 79.3 Å². The zero-order chi connectivity index (χ0) is 15.6. The van der Waals surface area contributed by atoms with Crippen LogP contribution in [0, 0.1) is 0 Å². The predicted octanol–water partition coefficient (Wildman–Crippen LogP) is 2.50. The van der Waals surface area contributed by atoms with Gasteiger partial charge in [-0.1, -0.05) is 30.3 Å². The SMILES string of the molecule is O=C(NC1(C(=O)O)CCSC1)c1csc(-c2ccccc2)n1. The summed E-state index contributed by atoms with van der Waals surface area (Å²) in [7, 11) is 0. The van der Waals surface area contributed by atoms with Gasteiger partial charge in [0.25, 0.3) is 5.91 Å². The molecule has 0 aliphatic carbocycles. The van der Waals surface area contributed by atoms with Gasteiger partial charge in [0.15, 0.2) is 0 Å². The van der Waals surface area contributed by atoms with E-state index in [1.165, 1.54) is 23.1 Å². The van der Waals surface area contributed by atoms with Crippen molar-refractivity contribution in [3.63, 3.8) is 0 Å². The number of hydrogen-bond acceptors (Lipinski definition) is 5. The molecule has 1 aromatic carbocycles. The fourth-order valence-corrected chi connectivity index (χ4v) is 4.39. The fourth-order valence-electron chi connectivity index (χ4n) is 2.26. The number of nitrogens with zero attached hydrogens (tertiary/aromatic N) is 1. The van der Waals surface area contributed by atoms with Crippen LogP contribution < -0.4 is 5.32 Å². The van der Waals surface area contributed by atoms with Crippen LogP contribution in [0.4, 0.5) is 0 Å². The molecule has 0 bridgehead atoms. The van der Waals surface area contributed by atoms with E-state index in [9.17, 15) is 14.7 Å². The number of carboxylic acid groups (broad SMARTS) is 1. The highest BCUT2D eigenvalue weighted by molar-refractivity contribution is 7.99. The number of nitrogens with one attached hydrogen (secondary N) is 1. The molecule has 5 nitrogen and oxygen atoms in total. The number of aliphatic carboxylic acids is 1. The van der Waals surface area contributed by atoms with Gasteiger partial charge in [-0.25, -0.2) is 9.78 Å². The third-order valence-electron chi connectivity index (χ3n) is 3.54. The van der Waals surface area contributed by atoms with Gasteiger partial charge < -0.3 is 10.4 Å². The third kappa shape index (κ3) is 2.86. The number of carboxylic acids is 1. The van der Waals surface area contributed by atoms with Crippen molar-refractivity contribution < 1.29 is 14.7 Å². The van der Waals surface area contributed by atoms with Crippen molar-refractivity contribution in [2.24, 2.45) is 0 Å². The van der Waals surface area contributed by atoms with Crippen LogP contribution in [0.25, 0.3) is 10.6 Å². The van der Waals surface area contributed by atoms with Gasteiger partial charge in [0.1, 0.15) is 16.2 Å². The van der Waals surface area contributed by atoms with Crippen molar-refractivity contribution in [2.75, 3.05) is 11.5 Å². The summed E-state index contributed by atoms with van der Waals surface area (Å²) in [6.07, 6.45) is 0.439. The van der Waals surface area contributed by atoms with Gasteiger partial charge in [0, 0.05) is 16.7 Å². The highest BCUT2D eigenvalue weighted by Gasteiger charge is 2.43. The first-order chi connectivity index (χ1) is 10.6. The molecular weight excluding hydrogens is 320 g/mol. The largest absolute Gasteiger partial charge is 0.479 e. The lowest BCUT2D eigenvalue weighted by molar-refractivity contribution is -0.143. The van der Waals surface area contributed by atoms with Crippen LogP contribution in [-0.4, -0.2) is 39.0 Å². The van der Waals surface area contributed by atoms with E-state index >= 15 is 0 Å². The Kier molecular flexibility index (Phi) is 4.17. The van der Waals surface area contributed by atoms with Gasteiger partial charge in [-0.2, -0.15) is 11.8 Å². The first kappa shape index (κ1) is 15.1. The monoisotopic (exact) mass is 334 g/mol. The second kappa shape index (κ2) is 6.10. The standard InChI is InChI=1S/C15H14N2O3S2/c18-12(17-15(14(19)20)6-7-21-9-15)11-8-22-13(16-11)10-4-2-1-3-5-10/h1-5,8H,6-7,9H2,(H,17,18)(H,19,20). The number of thioether (sulfide) groups is 1. The zero-order valence-electron chi connectivity index (χ0n) is 11.6. The normalized spacial score (nSPS) is 20.7. The summed E-state index contributed by atoms with van der Waals surface area (Å²) in [5.74, 6) is -0.282. The molecule has 2 aromatic rings. The van der Waals surface area contributed by atoms with Crippen molar-refractivity contribution in [1.82, 2.24) is 10.3 Å². The van der Waals surface area contributed by atoms with Crippen molar-refractivity contribution >= 4 is 35.0 Å². The number of thiazole rings is 1. The Labute approximate surface area is 135 Å². The number of amides is 1. The molecule has 0 spiro atoms. The fraction of sp³-hybridized carbons (Fsp3) is 0.267. The van der Waals surface area contributed by atoms with E-state index in [1.54, 1.807) is 5.38 Å². The lowest BCUT2D eigenvalue weighted by Gasteiger charge is -2.23. The summed E-state index contributed by atoms with van der Waals surface area (Å²) in [5, 5.41) is 14.5. The van der Waals surface area contributed by atoms with E-state index in [-0.39, 0.29) is 5.69 Å². The summed E-state index contributed by atoms with van der Waals surface area (Å²) in [6, 6.07) is 9.58. The summed E-state index contributed by atoms with van der Waals surface area (Å²) >= 11 is 2.91. The Morgan fingerprint density at radius 3 is 2.68 bits per heavy atom. The van der Waals surface area contributed by atoms with Crippen LogP contribution in [0.3, 0.4) is 0 Å². The maximum absolute atomic E-state index is 12.3. The Hall–Kier alpha value is -1.86. The molecule has 0 radical (unpaired) electrons. The molecule has 1 fully saturated rings. The first-order valence-corrected chi connectivity index (χ1v) is 8.79. The van der Waals surface area contributed by atoms with Gasteiger partial charge in [0.05, 0.1) is 0 Å². The van der Waals surface area contributed by atoms with Gasteiger partial charge in [0.2, 0.25) is 0 Å². The quantitative estimate of drug-likeness (QED) is 0.898. The minimum absolute atomic E-state index is 0.265. The van der Waals surface area contributed by atoms with Crippen LogP contribution in [0.1, 0.15) is 16.9 Å². The maximum atomic E-state index is 12.3. The van der Waals surface area contributed by atoms with E-state index in [4.69, 9.17) is 0 Å². The second-order valence-corrected chi connectivity index (χ2v) is 7.01. The molecule has 2 heterocycles. The number of carbonyl (C=O) groups excluding carboxylic acids is 1. The Morgan fingerprint density at radius 1 is 1.27 bits per heavy atom. The molecule has 0 saturated carbocycles. The molecule has 22 heavy (non-hydrogen) atoms.